The predicted octanol–water partition coefficient (Wildman–Crippen LogP) is 1.70. The van der Waals surface area contributed by atoms with E-state index in [-0.39, 0.29) is 23.5 Å². The van der Waals surface area contributed by atoms with Gasteiger partial charge in [0, 0.05) is 6.42 Å². The molecule has 2 fully saturated rings. The van der Waals surface area contributed by atoms with Crippen LogP contribution in [0.5, 0.6) is 11.5 Å². The molecule has 2 aromatic rings. The number of aromatic hydroxyl groups is 1. The maximum atomic E-state index is 11.4. The smallest absolute Gasteiger partial charge is 0.337 e. The number of nitrogens with two attached hydrogens (primary N) is 1. The average Bonchev–Trinajstić information content (AvgIpc) is 3.18. The van der Waals surface area contributed by atoms with Crippen LogP contribution in [0.1, 0.15) is 28.4 Å². The molecule has 2 heterocycles. The van der Waals surface area contributed by atoms with Gasteiger partial charge in [0.2, 0.25) is 0 Å². The number of hydrogen-bond donors (Lipinski definition) is 3. The van der Waals surface area contributed by atoms with Crippen molar-refractivity contribution in [1.29, 1.82) is 0 Å². The van der Waals surface area contributed by atoms with Crippen LogP contribution in [-0.2, 0) is 0 Å². The number of benzene rings is 2. The number of methoxy groups -OCH3 is 1. The Bertz CT molecular complexity index is 843. The van der Waals surface area contributed by atoms with Gasteiger partial charge in [0.15, 0.2) is 11.5 Å². The second-order valence-electron chi connectivity index (χ2n) is 6.03. The zero-order chi connectivity index (χ0) is 17.7. The van der Waals surface area contributed by atoms with Gasteiger partial charge in [-0.2, -0.15) is 5.01 Å². The van der Waals surface area contributed by atoms with E-state index in [1.165, 1.54) is 18.3 Å². The number of anilines is 1. The third-order valence-corrected chi connectivity index (χ3v) is 4.70. The maximum Gasteiger partial charge on any atom is 0.337 e. The molecular weight excluding hydrogens is 324 g/mol. The van der Waals surface area contributed by atoms with Gasteiger partial charge in [-0.3, -0.25) is 0 Å². The number of para-hydroxylation sites is 1. The van der Waals surface area contributed by atoms with Crippen molar-refractivity contribution in [2.24, 2.45) is 5.84 Å². The van der Waals surface area contributed by atoms with Gasteiger partial charge in [0.1, 0.15) is 6.17 Å². The Morgan fingerprint density at radius 3 is 2.76 bits per heavy atom. The van der Waals surface area contributed by atoms with Crippen molar-refractivity contribution < 1.29 is 19.7 Å². The molecule has 0 radical (unpaired) electrons. The number of phenols is 1. The Labute approximate surface area is 144 Å². The van der Waals surface area contributed by atoms with E-state index in [1.54, 1.807) is 30.3 Å². The fraction of sp³-hybridized carbons (Fsp3) is 0.235. The highest BCUT2D eigenvalue weighted by atomic mass is 16.5. The lowest BCUT2D eigenvalue weighted by atomic mass is 9.97. The summed E-state index contributed by atoms with van der Waals surface area (Å²) in [6, 6.07) is 12.0. The first-order valence-electron chi connectivity index (χ1n) is 7.84. The van der Waals surface area contributed by atoms with E-state index < -0.39 is 5.97 Å². The molecule has 2 aliphatic heterocycles. The lowest BCUT2D eigenvalue weighted by Gasteiger charge is -2.25. The van der Waals surface area contributed by atoms with Crippen molar-refractivity contribution in [1.82, 2.24) is 10.1 Å². The van der Waals surface area contributed by atoms with E-state index in [0.717, 1.165) is 12.0 Å². The Kier molecular flexibility index (Phi) is 3.53. The molecule has 2 aliphatic rings. The van der Waals surface area contributed by atoms with E-state index in [2.05, 4.69) is 0 Å². The molecule has 0 amide bonds. The minimum absolute atomic E-state index is 0.0878. The number of aromatic carboxylic acids is 1. The fourth-order valence-electron chi connectivity index (χ4n) is 3.36. The molecule has 4 atom stereocenters. The highest BCUT2D eigenvalue weighted by Crippen LogP contribution is 2.54. The molecule has 0 aliphatic carbocycles. The zero-order valence-electron chi connectivity index (χ0n) is 13.5. The van der Waals surface area contributed by atoms with Crippen LogP contribution in [-0.4, -0.2) is 39.6 Å². The Morgan fingerprint density at radius 2 is 2.08 bits per heavy atom. The molecule has 4 rings (SSSR count). The summed E-state index contributed by atoms with van der Waals surface area (Å²) in [7, 11) is 1.51. The number of ether oxygens (including phenoxy) is 1. The van der Waals surface area contributed by atoms with Crippen molar-refractivity contribution >= 4 is 11.7 Å². The highest BCUT2D eigenvalue weighted by molar-refractivity contribution is 5.94. The molecule has 8 heteroatoms. The largest absolute Gasteiger partial charge is 0.504 e. The van der Waals surface area contributed by atoms with Crippen LogP contribution in [0.25, 0.3) is 0 Å². The van der Waals surface area contributed by atoms with Gasteiger partial charge in [0.05, 0.1) is 24.4 Å². The van der Waals surface area contributed by atoms with E-state index >= 15 is 0 Å². The molecule has 0 bridgehead atoms. The molecule has 25 heavy (non-hydrogen) atoms. The molecule has 2 aromatic carbocycles. The molecule has 130 valence electrons. The van der Waals surface area contributed by atoms with Crippen molar-refractivity contribution in [3.05, 3.63) is 53.6 Å². The lowest BCUT2D eigenvalue weighted by molar-refractivity contribution is 0.0696. The summed E-state index contributed by atoms with van der Waals surface area (Å²) in [6.45, 7) is 0. The van der Waals surface area contributed by atoms with E-state index in [4.69, 9.17) is 10.6 Å². The topological polar surface area (TPSA) is 102 Å². The molecular formula is C17H18N4O4. The van der Waals surface area contributed by atoms with Gasteiger partial charge < -0.3 is 14.9 Å². The van der Waals surface area contributed by atoms with Crippen LogP contribution in [0.4, 0.5) is 5.69 Å². The summed E-state index contributed by atoms with van der Waals surface area (Å²) in [5.74, 6) is 5.66. The molecule has 4 unspecified atom stereocenters. The van der Waals surface area contributed by atoms with Gasteiger partial charge in [-0.05, 0) is 29.8 Å². The Hall–Kier alpha value is -2.81. The number of carbonyl (C=O) groups is 1. The number of carboxylic acids is 1. The van der Waals surface area contributed by atoms with Gasteiger partial charge in [-0.1, -0.05) is 18.2 Å². The summed E-state index contributed by atoms with van der Waals surface area (Å²) in [6.07, 6.45) is 0.982. The number of fused-ring (bicyclic) bond motifs is 1. The van der Waals surface area contributed by atoms with Gasteiger partial charge in [-0.15, -0.1) is 5.12 Å². The molecule has 0 aromatic heterocycles. The molecule has 0 saturated carbocycles. The summed E-state index contributed by atoms with van der Waals surface area (Å²) in [5, 5.41) is 24.5. The number of rotatable bonds is 5. The van der Waals surface area contributed by atoms with Gasteiger partial charge >= 0.3 is 5.97 Å². The molecule has 0 spiro atoms. The van der Waals surface area contributed by atoms with E-state index in [0.29, 0.717) is 11.4 Å². The highest BCUT2D eigenvalue weighted by Gasteiger charge is 2.62. The first-order valence-corrected chi connectivity index (χ1v) is 7.84. The minimum atomic E-state index is -1.02. The quantitative estimate of drug-likeness (QED) is 0.429. The molecule has 2 saturated heterocycles. The number of carboxylic acid groups (broad SMARTS) is 1. The second-order valence-corrected chi connectivity index (χ2v) is 6.03. The summed E-state index contributed by atoms with van der Waals surface area (Å²) < 4.78 is 5.06. The number of nitrogens with zero attached hydrogens (tertiary/aromatic N) is 3. The normalized spacial score (nSPS) is 26.3. The first kappa shape index (κ1) is 15.7. The first-order chi connectivity index (χ1) is 12.0. The number of phenolic OH excluding ortho intramolecular Hbond substituents is 1. The molecule has 8 nitrogen and oxygen atoms in total. The van der Waals surface area contributed by atoms with Gasteiger partial charge in [0.25, 0.3) is 0 Å². The zero-order valence-corrected chi connectivity index (χ0v) is 13.5. The van der Waals surface area contributed by atoms with Crippen molar-refractivity contribution in [3.63, 3.8) is 0 Å². The summed E-state index contributed by atoms with van der Waals surface area (Å²) in [4.78, 5) is 11.4. The van der Waals surface area contributed by atoms with Crippen LogP contribution in [0.2, 0.25) is 0 Å². The standard InChI is InChI=1S/C17H18N4O4/c1-25-15-7-6-10(8-14(15)22)13-9-16-19(13)21(16)20(18)12-5-3-2-4-11(12)17(23)24/h2-8,13,16,22H,9,18H2,1H3,(H,23,24). The second kappa shape index (κ2) is 5.62. The van der Waals surface area contributed by atoms with Crippen molar-refractivity contribution in [2.45, 2.75) is 18.6 Å². The van der Waals surface area contributed by atoms with Crippen LogP contribution >= 0.6 is 0 Å². The van der Waals surface area contributed by atoms with Crippen LogP contribution in [0, 0.1) is 0 Å². The lowest BCUT2D eigenvalue weighted by Crippen LogP contribution is -2.39. The third kappa shape index (κ3) is 2.39. The average molecular weight is 342 g/mol. The number of hydrazine groups is 3. The fourth-order valence-corrected chi connectivity index (χ4v) is 3.36. The predicted molar refractivity (Wildman–Crippen MR) is 89.6 cm³/mol. The monoisotopic (exact) mass is 342 g/mol. The molecule has 4 N–H and O–H groups in total. The SMILES string of the molecule is COc1ccc(C2CC3N2N3N(N)c2ccccc2C(=O)O)cc1O. The van der Waals surface area contributed by atoms with Crippen molar-refractivity contribution in [2.75, 3.05) is 12.2 Å². The third-order valence-electron chi connectivity index (χ3n) is 4.70. The van der Waals surface area contributed by atoms with Gasteiger partial charge in [-0.25, -0.2) is 15.8 Å². The number of hydrogen-bond acceptors (Lipinski definition) is 7. The van der Waals surface area contributed by atoms with Crippen LogP contribution in [0.3, 0.4) is 0 Å². The van der Waals surface area contributed by atoms with E-state index in [1.807, 2.05) is 16.2 Å². The van der Waals surface area contributed by atoms with Crippen molar-refractivity contribution in [3.8, 4) is 11.5 Å². The minimum Gasteiger partial charge on any atom is -0.504 e. The summed E-state index contributed by atoms with van der Waals surface area (Å²) in [5.41, 5.74) is 1.54. The summed E-state index contributed by atoms with van der Waals surface area (Å²) >= 11 is 0. The van der Waals surface area contributed by atoms with Crippen LogP contribution < -0.4 is 15.7 Å². The van der Waals surface area contributed by atoms with E-state index in [9.17, 15) is 15.0 Å². The maximum absolute atomic E-state index is 11.4. The Balaban J connectivity index is 1.53. The van der Waals surface area contributed by atoms with Crippen LogP contribution in [0.15, 0.2) is 42.5 Å². The Morgan fingerprint density at radius 1 is 1.32 bits per heavy atom.